The summed E-state index contributed by atoms with van der Waals surface area (Å²) in [5.41, 5.74) is 3.74. The number of halogens is 2. The maximum Gasteiger partial charge on any atom is 0.350 e. The zero-order chi connectivity index (χ0) is 34.0. The van der Waals surface area contributed by atoms with Crippen molar-refractivity contribution in [3.05, 3.63) is 117 Å². The molecule has 2 aliphatic heterocycles. The predicted octanol–water partition coefficient (Wildman–Crippen LogP) is 5.11. The number of piperazine rings is 1. The molecule has 2 fully saturated rings. The van der Waals surface area contributed by atoms with Crippen molar-refractivity contribution >= 4 is 34.6 Å². The molecule has 0 amide bonds. The molecule has 7 rings (SSSR count). The highest BCUT2D eigenvalue weighted by atomic mass is 35.5. The van der Waals surface area contributed by atoms with E-state index in [-0.39, 0.29) is 17.3 Å². The van der Waals surface area contributed by atoms with Gasteiger partial charge >= 0.3 is 5.69 Å². The number of imidazole rings is 1. The summed E-state index contributed by atoms with van der Waals surface area (Å²) in [5.74, 6) is 0.360. The third-order valence-corrected chi connectivity index (χ3v) is 9.53. The van der Waals surface area contributed by atoms with Gasteiger partial charge in [0.1, 0.15) is 24.3 Å². The molecule has 50 heavy (non-hydrogen) atoms. The fourth-order valence-corrected chi connectivity index (χ4v) is 7.08. The molecule has 14 heteroatoms. The molecular formula is C36H41Cl2N7O5. The Balaban J connectivity index is 0.00000432. The quantitative estimate of drug-likeness (QED) is 0.185. The zero-order valence-electron chi connectivity index (χ0n) is 28.0. The monoisotopic (exact) mass is 721 g/mol. The molecule has 264 valence electrons. The Morgan fingerprint density at radius 1 is 0.940 bits per heavy atom. The first-order valence-corrected chi connectivity index (χ1v) is 17.3. The van der Waals surface area contributed by atoms with E-state index in [4.69, 9.17) is 37.4 Å². The highest BCUT2D eigenvalue weighted by molar-refractivity contribution is 6.35. The second-order valence-electron chi connectivity index (χ2n) is 12.3. The molecule has 12 nitrogen and oxygen atoms in total. The standard InChI is InChI=1S/C36H39Cl2N7O4.H2O/c1-3-15-44-35(46)45(26(2)40-44)30-7-5-28(6-8-30)42-17-19-43(20-18-42)29-9-11-31(12-10-29)47-22-32-23-48-36(49-32,24-41-16-14-39-25-41)33-13-4-27(37)21-34(33)38;/h4-14,16,21,25,32H,3,15,17-20,22-24H2,1-2H3;1H2. The molecule has 0 aliphatic carbocycles. The Bertz CT molecular complexity index is 1920. The lowest BCUT2D eigenvalue weighted by Crippen LogP contribution is -2.46. The lowest BCUT2D eigenvalue weighted by molar-refractivity contribution is -0.189. The van der Waals surface area contributed by atoms with Crippen LogP contribution in [0.5, 0.6) is 5.75 Å². The van der Waals surface area contributed by atoms with Gasteiger partial charge in [0.25, 0.3) is 0 Å². The van der Waals surface area contributed by atoms with Gasteiger partial charge in [0.05, 0.1) is 30.2 Å². The second kappa shape index (κ2) is 15.3. The highest BCUT2D eigenvalue weighted by Crippen LogP contribution is 2.40. The van der Waals surface area contributed by atoms with Gasteiger partial charge in [-0.05, 0) is 74.0 Å². The van der Waals surface area contributed by atoms with Crippen LogP contribution in [0.1, 0.15) is 24.7 Å². The summed E-state index contributed by atoms with van der Waals surface area (Å²) in [6.45, 7) is 9.14. The minimum absolute atomic E-state index is 0. The van der Waals surface area contributed by atoms with E-state index in [9.17, 15) is 4.79 Å². The van der Waals surface area contributed by atoms with Gasteiger partial charge in [-0.25, -0.2) is 19.0 Å². The van der Waals surface area contributed by atoms with Crippen LogP contribution in [0.4, 0.5) is 11.4 Å². The summed E-state index contributed by atoms with van der Waals surface area (Å²) in [6, 6.07) is 21.7. The van der Waals surface area contributed by atoms with Crippen molar-refractivity contribution in [3.8, 4) is 11.4 Å². The molecule has 2 atom stereocenters. The molecule has 2 N–H and O–H groups in total. The van der Waals surface area contributed by atoms with Crippen molar-refractivity contribution in [1.82, 2.24) is 23.9 Å². The zero-order valence-corrected chi connectivity index (χ0v) is 29.6. The third-order valence-electron chi connectivity index (χ3n) is 8.98. The molecule has 0 bridgehead atoms. The second-order valence-corrected chi connectivity index (χ2v) is 13.2. The number of hydrogen-bond acceptors (Lipinski definition) is 8. The van der Waals surface area contributed by atoms with E-state index >= 15 is 0 Å². The minimum atomic E-state index is -1.10. The van der Waals surface area contributed by atoms with E-state index in [0.29, 0.717) is 47.7 Å². The van der Waals surface area contributed by atoms with Gasteiger partial charge in [-0.15, -0.1) is 0 Å². The van der Waals surface area contributed by atoms with Gasteiger partial charge in [0, 0.05) is 67.1 Å². The van der Waals surface area contributed by atoms with Crippen LogP contribution in [-0.4, -0.2) is 74.9 Å². The fraction of sp³-hybridized carbons (Fsp3) is 0.361. The third kappa shape index (κ3) is 7.40. The normalized spacial score (nSPS) is 19.1. The summed E-state index contributed by atoms with van der Waals surface area (Å²) in [7, 11) is 0. The maximum atomic E-state index is 12.8. The van der Waals surface area contributed by atoms with Crippen LogP contribution in [0.3, 0.4) is 0 Å². The molecule has 4 heterocycles. The van der Waals surface area contributed by atoms with E-state index in [2.05, 4.69) is 44.1 Å². The first-order chi connectivity index (χ1) is 23.8. The number of ether oxygens (including phenoxy) is 3. The minimum Gasteiger partial charge on any atom is -0.491 e. The maximum absolute atomic E-state index is 12.8. The highest BCUT2D eigenvalue weighted by Gasteiger charge is 2.45. The van der Waals surface area contributed by atoms with Crippen LogP contribution in [0.15, 0.2) is 90.2 Å². The van der Waals surface area contributed by atoms with Crippen molar-refractivity contribution in [2.75, 3.05) is 49.2 Å². The van der Waals surface area contributed by atoms with Gasteiger partial charge < -0.3 is 34.1 Å². The Kier molecular flexibility index (Phi) is 10.8. The van der Waals surface area contributed by atoms with Gasteiger partial charge in [-0.2, -0.15) is 5.10 Å². The van der Waals surface area contributed by atoms with E-state index in [1.54, 1.807) is 29.2 Å². The van der Waals surface area contributed by atoms with Crippen molar-refractivity contribution in [1.29, 1.82) is 0 Å². The van der Waals surface area contributed by atoms with Gasteiger partial charge in [0.15, 0.2) is 0 Å². The first kappa shape index (κ1) is 35.5. The molecule has 2 saturated heterocycles. The lowest BCUT2D eigenvalue weighted by atomic mass is 10.1. The topological polar surface area (TPSA) is 123 Å². The molecule has 2 aliphatic rings. The van der Waals surface area contributed by atoms with Crippen LogP contribution >= 0.6 is 23.2 Å². The Labute approximate surface area is 300 Å². The largest absolute Gasteiger partial charge is 0.491 e. The van der Waals surface area contributed by atoms with Crippen molar-refractivity contribution in [3.63, 3.8) is 0 Å². The number of rotatable bonds is 11. The van der Waals surface area contributed by atoms with E-state index < -0.39 is 5.79 Å². The van der Waals surface area contributed by atoms with E-state index in [1.165, 1.54) is 4.68 Å². The lowest BCUT2D eigenvalue weighted by Gasteiger charge is -2.37. The van der Waals surface area contributed by atoms with E-state index in [1.807, 2.05) is 54.9 Å². The van der Waals surface area contributed by atoms with Gasteiger partial charge in [-0.3, -0.25) is 0 Å². The summed E-state index contributed by atoms with van der Waals surface area (Å²) in [4.78, 5) is 21.7. The number of aromatic nitrogens is 5. The molecule has 0 radical (unpaired) electrons. The van der Waals surface area contributed by atoms with Crippen molar-refractivity contribution in [2.45, 2.75) is 45.2 Å². The molecule has 2 unspecified atom stereocenters. The number of nitrogens with zero attached hydrogens (tertiary/aromatic N) is 7. The van der Waals surface area contributed by atoms with Crippen LogP contribution < -0.4 is 20.2 Å². The van der Waals surface area contributed by atoms with Crippen molar-refractivity contribution in [2.24, 2.45) is 0 Å². The Hall–Kier alpha value is -4.33. The summed E-state index contributed by atoms with van der Waals surface area (Å²) < 4.78 is 24.1. The molecule has 2 aromatic heterocycles. The average Bonchev–Trinajstić information content (AvgIpc) is 3.84. The smallest absolute Gasteiger partial charge is 0.350 e. The summed E-state index contributed by atoms with van der Waals surface area (Å²) in [6.07, 6.45) is 5.85. The molecule has 0 saturated carbocycles. The van der Waals surface area contributed by atoms with Crippen LogP contribution in [0.2, 0.25) is 10.0 Å². The predicted molar refractivity (Wildman–Crippen MR) is 194 cm³/mol. The number of aryl methyl sites for hydroxylation is 2. The summed E-state index contributed by atoms with van der Waals surface area (Å²) >= 11 is 12.8. The van der Waals surface area contributed by atoms with Gasteiger partial charge in [0.2, 0.25) is 5.79 Å². The Morgan fingerprint density at radius 2 is 1.60 bits per heavy atom. The molecule has 5 aromatic rings. The molecular weight excluding hydrogens is 681 g/mol. The fourth-order valence-electron chi connectivity index (χ4n) is 6.52. The summed E-state index contributed by atoms with van der Waals surface area (Å²) in [5, 5.41) is 5.43. The molecule has 0 spiro atoms. The number of hydrogen-bond donors (Lipinski definition) is 0. The van der Waals surface area contributed by atoms with Crippen LogP contribution in [0, 0.1) is 6.92 Å². The van der Waals surface area contributed by atoms with Crippen LogP contribution in [-0.2, 0) is 28.4 Å². The average molecular weight is 723 g/mol. The van der Waals surface area contributed by atoms with E-state index in [0.717, 1.165) is 55.4 Å². The van der Waals surface area contributed by atoms with Gasteiger partial charge in [-0.1, -0.05) is 36.2 Å². The Morgan fingerprint density at radius 3 is 2.22 bits per heavy atom. The first-order valence-electron chi connectivity index (χ1n) is 16.5. The van der Waals surface area contributed by atoms with Crippen LogP contribution in [0.25, 0.3) is 5.69 Å². The number of benzene rings is 3. The number of anilines is 2. The SMILES string of the molecule is CCCn1nc(C)n(-c2ccc(N3CCN(c4ccc(OCC5COC(Cn6ccnc6)(c6ccc(Cl)cc6Cl)O5)cc4)CC3)cc2)c1=O.O. The molecule has 3 aromatic carbocycles. The van der Waals surface area contributed by atoms with Crippen molar-refractivity contribution < 1.29 is 19.7 Å².